The summed E-state index contributed by atoms with van der Waals surface area (Å²) in [5.74, 6) is 0. The Morgan fingerprint density at radius 2 is 2.18 bits per heavy atom. The van der Waals surface area contributed by atoms with Gasteiger partial charge in [0.05, 0.1) is 6.61 Å². The summed E-state index contributed by atoms with van der Waals surface area (Å²) in [7, 11) is 0. The summed E-state index contributed by atoms with van der Waals surface area (Å²) in [6.45, 7) is 5.56. The number of hydrogen-bond acceptors (Lipinski definition) is 1. The Hall–Kier alpha value is -0.0800. The maximum absolute atomic E-state index is 10.8. The molecule has 0 saturated carbocycles. The molecule has 0 N–H and O–H groups in total. The van der Waals surface area contributed by atoms with Crippen LogP contribution in [0.4, 0.5) is 0 Å². The zero-order chi connectivity index (χ0) is 8.27. The molecular weight excluding hydrogens is 138 g/mol. The monoisotopic (exact) mass is 156 g/mol. The number of hydrogen-bond donors (Lipinski definition) is 0. The van der Waals surface area contributed by atoms with Crippen LogP contribution in [0.25, 0.3) is 0 Å². The first-order chi connectivity index (χ1) is 5.25. The van der Waals surface area contributed by atoms with Gasteiger partial charge < -0.3 is 0 Å². The van der Waals surface area contributed by atoms with Crippen molar-refractivity contribution < 1.29 is 5.11 Å². The number of likely N-dealkylation sites (tertiary alicyclic amines) is 1. The van der Waals surface area contributed by atoms with Crippen LogP contribution in [-0.2, 0) is 5.11 Å². The van der Waals surface area contributed by atoms with E-state index in [0.29, 0.717) is 12.1 Å². The molecule has 1 radical (unpaired) electrons. The van der Waals surface area contributed by atoms with E-state index in [-0.39, 0.29) is 6.61 Å². The third-order valence-corrected chi connectivity index (χ3v) is 2.53. The molecule has 2 nitrogen and oxygen atoms in total. The van der Waals surface area contributed by atoms with Crippen LogP contribution in [0.5, 0.6) is 0 Å². The van der Waals surface area contributed by atoms with Crippen molar-refractivity contribution in [2.75, 3.05) is 13.2 Å². The summed E-state index contributed by atoms with van der Waals surface area (Å²) in [4.78, 5) is 2.34. The molecule has 0 aromatic heterocycles. The van der Waals surface area contributed by atoms with E-state index in [2.05, 4.69) is 18.7 Å². The van der Waals surface area contributed by atoms with Crippen LogP contribution in [0.2, 0.25) is 0 Å². The lowest BCUT2D eigenvalue weighted by Gasteiger charge is -2.37. The molecule has 0 spiro atoms. The van der Waals surface area contributed by atoms with E-state index in [0.717, 1.165) is 13.0 Å². The van der Waals surface area contributed by atoms with Crippen molar-refractivity contribution >= 4 is 0 Å². The Labute approximate surface area is 69.2 Å². The highest BCUT2D eigenvalue weighted by atomic mass is 16.3. The summed E-state index contributed by atoms with van der Waals surface area (Å²) in [5, 5.41) is 10.8. The molecule has 1 atom stereocenters. The third kappa shape index (κ3) is 2.17. The molecule has 0 amide bonds. The van der Waals surface area contributed by atoms with E-state index in [1.54, 1.807) is 0 Å². The molecule has 0 aromatic rings. The minimum Gasteiger partial charge on any atom is -0.296 e. The molecule has 1 fully saturated rings. The van der Waals surface area contributed by atoms with E-state index in [9.17, 15) is 5.11 Å². The average Bonchev–Trinajstić information content (AvgIpc) is 2.04. The van der Waals surface area contributed by atoms with Gasteiger partial charge in [-0.2, -0.15) is 0 Å². The largest absolute Gasteiger partial charge is 0.296 e. The van der Waals surface area contributed by atoms with Crippen LogP contribution in [0.15, 0.2) is 0 Å². The Morgan fingerprint density at radius 1 is 1.45 bits per heavy atom. The topological polar surface area (TPSA) is 23.1 Å². The molecule has 1 saturated heterocycles. The van der Waals surface area contributed by atoms with Crippen LogP contribution >= 0.6 is 0 Å². The summed E-state index contributed by atoms with van der Waals surface area (Å²) in [6.07, 6.45) is 3.63. The zero-order valence-electron chi connectivity index (χ0n) is 7.55. The molecule has 65 valence electrons. The SMILES string of the molecule is CC(C)N1CCCCC1C[O]. The molecular formula is C9H18NO. The highest BCUT2D eigenvalue weighted by Crippen LogP contribution is 2.18. The van der Waals surface area contributed by atoms with Crippen molar-refractivity contribution in [2.24, 2.45) is 0 Å². The molecule has 11 heavy (non-hydrogen) atoms. The van der Waals surface area contributed by atoms with Gasteiger partial charge in [-0.1, -0.05) is 6.42 Å². The molecule has 0 aliphatic carbocycles. The van der Waals surface area contributed by atoms with Gasteiger partial charge in [-0.25, -0.2) is 5.11 Å². The van der Waals surface area contributed by atoms with E-state index >= 15 is 0 Å². The van der Waals surface area contributed by atoms with Crippen molar-refractivity contribution in [3.63, 3.8) is 0 Å². The fourth-order valence-electron chi connectivity index (χ4n) is 1.88. The van der Waals surface area contributed by atoms with Gasteiger partial charge in [0.25, 0.3) is 0 Å². The Morgan fingerprint density at radius 3 is 2.64 bits per heavy atom. The zero-order valence-corrected chi connectivity index (χ0v) is 7.55. The first kappa shape index (κ1) is 9.01. The molecule has 2 heteroatoms. The lowest BCUT2D eigenvalue weighted by molar-refractivity contribution is 0.0381. The van der Waals surface area contributed by atoms with Crippen molar-refractivity contribution in [1.29, 1.82) is 0 Å². The minimum atomic E-state index is 0.0815. The number of nitrogens with zero attached hydrogens (tertiary/aromatic N) is 1. The second-order valence-corrected chi connectivity index (χ2v) is 3.65. The van der Waals surface area contributed by atoms with E-state index in [1.165, 1.54) is 12.8 Å². The molecule has 1 aliphatic heterocycles. The average molecular weight is 156 g/mol. The fourth-order valence-corrected chi connectivity index (χ4v) is 1.88. The normalized spacial score (nSPS) is 27.8. The maximum atomic E-state index is 10.8. The third-order valence-electron chi connectivity index (χ3n) is 2.53. The van der Waals surface area contributed by atoms with Crippen molar-refractivity contribution in [3.05, 3.63) is 0 Å². The van der Waals surface area contributed by atoms with Gasteiger partial charge in [-0.05, 0) is 33.2 Å². The summed E-state index contributed by atoms with van der Waals surface area (Å²) in [5.41, 5.74) is 0. The molecule has 1 heterocycles. The molecule has 0 aromatic carbocycles. The second kappa shape index (κ2) is 4.07. The van der Waals surface area contributed by atoms with Crippen LogP contribution in [-0.4, -0.2) is 30.1 Å². The van der Waals surface area contributed by atoms with Crippen LogP contribution < -0.4 is 0 Å². The van der Waals surface area contributed by atoms with Crippen molar-refractivity contribution in [1.82, 2.24) is 4.90 Å². The predicted octanol–water partition coefficient (Wildman–Crippen LogP) is 1.68. The fraction of sp³-hybridized carbons (Fsp3) is 1.00. The quantitative estimate of drug-likeness (QED) is 0.596. The Kier molecular flexibility index (Phi) is 3.34. The number of piperidine rings is 1. The molecule has 1 aliphatic rings. The lowest BCUT2D eigenvalue weighted by atomic mass is 10.0. The van der Waals surface area contributed by atoms with Crippen LogP contribution in [0.1, 0.15) is 33.1 Å². The summed E-state index contributed by atoms with van der Waals surface area (Å²) >= 11 is 0. The minimum absolute atomic E-state index is 0.0815. The molecule has 1 rings (SSSR count). The molecule has 0 bridgehead atoms. The van der Waals surface area contributed by atoms with Gasteiger partial charge in [-0.3, -0.25) is 4.90 Å². The van der Waals surface area contributed by atoms with E-state index in [4.69, 9.17) is 0 Å². The Bertz CT molecular complexity index is 114. The van der Waals surface area contributed by atoms with E-state index < -0.39 is 0 Å². The van der Waals surface area contributed by atoms with Crippen LogP contribution in [0, 0.1) is 0 Å². The smallest absolute Gasteiger partial charge is 0.0977 e. The van der Waals surface area contributed by atoms with Gasteiger partial charge in [0.1, 0.15) is 0 Å². The summed E-state index contributed by atoms with van der Waals surface area (Å²) in [6, 6.07) is 0.873. The maximum Gasteiger partial charge on any atom is 0.0977 e. The van der Waals surface area contributed by atoms with Crippen molar-refractivity contribution in [2.45, 2.75) is 45.2 Å². The highest BCUT2D eigenvalue weighted by molar-refractivity contribution is 4.78. The van der Waals surface area contributed by atoms with Crippen LogP contribution in [0.3, 0.4) is 0 Å². The van der Waals surface area contributed by atoms with Gasteiger partial charge in [0.2, 0.25) is 0 Å². The molecule has 1 unspecified atom stereocenters. The van der Waals surface area contributed by atoms with Gasteiger partial charge in [0.15, 0.2) is 0 Å². The lowest BCUT2D eigenvalue weighted by Crippen LogP contribution is -2.45. The summed E-state index contributed by atoms with van der Waals surface area (Å²) < 4.78 is 0. The van der Waals surface area contributed by atoms with Crippen molar-refractivity contribution in [3.8, 4) is 0 Å². The predicted molar refractivity (Wildman–Crippen MR) is 45.0 cm³/mol. The van der Waals surface area contributed by atoms with Gasteiger partial charge in [0, 0.05) is 12.1 Å². The first-order valence-corrected chi connectivity index (χ1v) is 4.59. The number of rotatable bonds is 2. The first-order valence-electron chi connectivity index (χ1n) is 4.59. The Balaban J connectivity index is 2.44. The van der Waals surface area contributed by atoms with Gasteiger partial charge >= 0.3 is 0 Å². The highest BCUT2D eigenvalue weighted by Gasteiger charge is 2.23. The van der Waals surface area contributed by atoms with E-state index in [1.807, 2.05) is 0 Å². The second-order valence-electron chi connectivity index (χ2n) is 3.65. The van der Waals surface area contributed by atoms with Gasteiger partial charge in [-0.15, -0.1) is 0 Å². The standard InChI is InChI=1S/C9H18NO/c1-8(2)10-6-4-3-5-9(10)7-11/h8-9H,3-7H2,1-2H3.